The van der Waals surface area contributed by atoms with E-state index in [2.05, 4.69) is 27.6 Å². The first-order chi connectivity index (χ1) is 10.1. The zero-order valence-corrected chi connectivity index (χ0v) is 14.8. The fraction of sp³-hybridized carbons (Fsp3) is 0.0667. The maximum atomic E-state index is 12.3. The molecule has 0 unspecified atom stereocenters. The second-order valence-electron chi connectivity index (χ2n) is 4.26. The third kappa shape index (κ3) is 3.33. The summed E-state index contributed by atoms with van der Waals surface area (Å²) in [6.45, 7) is 1.83. The molecule has 2 heterocycles. The van der Waals surface area contributed by atoms with Gasteiger partial charge in [0.05, 0.1) is 10.6 Å². The number of thiazole rings is 1. The van der Waals surface area contributed by atoms with Gasteiger partial charge < -0.3 is 4.74 Å². The van der Waals surface area contributed by atoms with Crippen molar-refractivity contribution in [3.63, 3.8) is 0 Å². The highest BCUT2D eigenvalue weighted by molar-refractivity contribution is 14.1. The van der Waals surface area contributed by atoms with Crippen molar-refractivity contribution in [3.8, 4) is 15.6 Å². The van der Waals surface area contributed by atoms with Crippen LogP contribution in [0.3, 0.4) is 0 Å². The third-order valence-electron chi connectivity index (χ3n) is 2.72. The minimum absolute atomic E-state index is 0.352. The van der Waals surface area contributed by atoms with Crippen LogP contribution in [0.25, 0.3) is 9.88 Å². The van der Waals surface area contributed by atoms with Crippen molar-refractivity contribution in [2.45, 2.75) is 6.92 Å². The summed E-state index contributed by atoms with van der Waals surface area (Å²) in [6, 6.07) is 11.4. The zero-order valence-electron chi connectivity index (χ0n) is 11.0. The number of nitrogens with zero attached hydrogens (tertiary/aromatic N) is 1. The molecule has 0 fully saturated rings. The van der Waals surface area contributed by atoms with Gasteiger partial charge >= 0.3 is 5.97 Å². The molecule has 3 nitrogen and oxygen atoms in total. The molecule has 0 amide bonds. The SMILES string of the molecule is Cc1nc(-c2cccs2)sc1C(=O)Oc1cccc(I)c1. The highest BCUT2D eigenvalue weighted by atomic mass is 127. The summed E-state index contributed by atoms with van der Waals surface area (Å²) in [5, 5.41) is 2.85. The van der Waals surface area contributed by atoms with Crippen LogP contribution >= 0.6 is 45.3 Å². The normalized spacial score (nSPS) is 10.6. The van der Waals surface area contributed by atoms with Crippen LogP contribution in [0.5, 0.6) is 5.75 Å². The maximum absolute atomic E-state index is 12.3. The Bertz CT molecular complexity index is 781. The Kier molecular flexibility index (Phi) is 4.37. The number of hydrogen-bond donors (Lipinski definition) is 0. The average molecular weight is 427 g/mol. The molecule has 3 aromatic rings. The number of halogens is 1. The zero-order chi connectivity index (χ0) is 14.8. The number of aromatic nitrogens is 1. The third-order valence-corrected chi connectivity index (χ3v) is 5.57. The molecule has 3 rings (SSSR count). The van der Waals surface area contributed by atoms with Crippen LogP contribution in [0.2, 0.25) is 0 Å². The molecule has 21 heavy (non-hydrogen) atoms. The average Bonchev–Trinajstić information content (AvgIpc) is 3.07. The van der Waals surface area contributed by atoms with E-state index in [9.17, 15) is 4.79 Å². The van der Waals surface area contributed by atoms with Crippen molar-refractivity contribution in [1.29, 1.82) is 0 Å². The van der Waals surface area contributed by atoms with Gasteiger partial charge in [0.1, 0.15) is 15.6 Å². The Morgan fingerprint density at radius 2 is 2.14 bits per heavy atom. The molecule has 0 saturated carbocycles. The molecule has 0 aliphatic heterocycles. The van der Waals surface area contributed by atoms with Gasteiger partial charge in [0.25, 0.3) is 0 Å². The summed E-state index contributed by atoms with van der Waals surface area (Å²) in [6.07, 6.45) is 0. The minimum Gasteiger partial charge on any atom is -0.422 e. The standard InChI is InChI=1S/C15H10INO2S2/c1-9-13(21-14(17-9)12-6-3-7-20-12)15(18)19-11-5-2-4-10(16)8-11/h2-8H,1H3. The predicted molar refractivity (Wildman–Crippen MR) is 94.3 cm³/mol. The van der Waals surface area contributed by atoms with Crippen molar-refractivity contribution < 1.29 is 9.53 Å². The van der Waals surface area contributed by atoms with Crippen molar-refractivity contribution in [2.75, 3.05) is 0 Å². The number of rotatable bonds is 3. The Morgan fingerprint density at radius 1 is 1.29 bits per heavy atom. The molecule has 0 aliphatic carbocycles. The molecular weight excluding hydrogens is 417 g/mol. The number of esters is 1. The number of ether oxygens (including phenoxy) is 1. The van der Waals surface area contributed by atoms with E-state index in [1.165, 1.54) is 11.3 Å². The first kappa shape index (κ1) is 14.7. The van der Waals surface area contributed by atoms with Gasteiger partial charge in [0, 0.05) is 3.57 Å². The molecule has 0 aliphatic rings. The number of hydrogen-bond acceptors (Lipinski definition) is 5. The molecule has 6 heteroatoms. The smallest absolute Gasteiger partial charge is 0.355 e. The van der Waals surface area contributed by atoms with Crippen LogP contribution in [-0.4, -0.2) is 11.0 Å². The molecule has 0 radical (unpaired) electrons. The van der Waals surface area contributed by atoms with E-state index in [0.29, 0.717) is 16.3 Å². The van der Waals surface area contributed by atoms with Crippen molar-refractivity contribution in [2.24, 2.45) is 0 Å². The van der Waals surface area contributed by atoms with Crippen LogP contribution in [0.4, 0.5) is 0 Å². The Balaban J connectivity index is 1.85. The predicted octanol–water partition coefficient (Wildman–Crippen LogP) is 5.00. The van der Waals surface area contributed by atoms with Crippen LogP contribution < -0.4 is 4.74 Å². The fourth-order valence-electron chi connectivity index (χ4n) is 1.78. The van der Waals surface area contributed by atoms with Gasteiger partial charge in [-0.25, -0.2) is 9.78 Å². The molecule has 0 saturated heterocycles. The Labute approximate surface area is 143 Å². The number of carbonyl (C=O) groups is 1. The molecule has 0 bridgehead atoms. The highest BCUT2D eigenvalue weighted by Gasteiger charge is 2.18. The quantitative estimate of drug-likeness (QED) is 0.335. The van der Waals surface area contributed by atoms with Gasteiger partial charge in [-0.3, -0.25) is 0 Å². The second-order valence-corrected chi connectivity index (χ2v) is 7.45. The van der Waals surface area contributed by atoms with Crippen LogP contribution in [-0.2, 0) is 0 Å². The first-order valence-electron chi connectivity index (χ1n) is 6.12. The van der Waals surface area contributed by atoms with E-state index in [-0.39, 0.29) is 5.97 Å². The molecular formula is C15H10INO2S2. The number of carbonyl (C=O) groups excluding carboxylic acids is 1. The molecule has 106 valence electrons. The van der Waals surface area contributed by atoms with Crippen molar-refractivity contribution in [3.05, 3.63) is 55.9 Å². The highest BCUT2D eigenvalue weighted by Crippen LogP contribution is 2.31. The van der Waals surface area contributed by atoms with Crippen LogP contribution in [0, 0.1) is 10.5 Å². The van der Waals surface area contributed by atoms with E-state index in [1.54, 1.807) is 17.4 Å². The molecule has 1 aromatic carbocycles. The number of benzene rings is 1. The van der Waals surface area contributed by atoms with Gasteiger partial charge in [-0.15, -0.1) is 22.7 Å². The van der Waals surface area contributed by atoms with E-state index in [4.69, 9.17) is 4.74 Å². The lowest BCUT2D eigenvalue weighted by atomic mass is 10.3. The first-order valence-corrected chi connectivity index (χ1v) is 8.90. The summed E-state index contributed by atoms with van der Waals surface area (Å²) in [5.41, 5.74) is 0.707. The Hall–Kier alpha value is -1.25. The van der Waals surface area contributed by atoms with Crippen LogP contribution in [0.1, 0.15) is 15.4 Å². The summed E-state index contributed by atoms with van der Waals surface area (Å²) in [5.74, 6) is 0.201. The van der Waals surface area contributed by atoms with Gasteiger partial charge in [-0.05, 0) is 59.2 Å². The van der Waals surface area contributed by atoms with Crippen molar-refractivity contribution >= 4 is 51.2 Å². The minimum atomic E-state index is -0.352. The maximum Gasteiger partial charge on any atom is 0.355 e. The second kappa shape index (κ2) is 6.25. The summed E-state index contributed by atoms with van der Waals surface area (Å²) in [7, 11) is 0. The monoisotopic (exact) mass is 427 g/mol. The lowest BCUT2D eigenvalue weighted by Crippen LogP contribution is -2.08. The van der Waals surface area contributed by atoms with Crippen LogP contribution in [0.15, 0.2) is 41.8 Å². The number of aryl methyl sites for hydroxylation is 1. The van der Waals surface area contributed by atoms with Gasteiger partial charge in [-0.1, -0.05) is 12.1 Å². The topological polar surface area (TPSA) is 39.2 Å². The molecule has 0 N–H and O–H groups in total. The van der Waals surface area contributed by atoms with E-state index >= 15 is 0 Å². The van der Waals surface area contributed by atoms with E-state index in [0.717, 1.165) is 13.5 Å². The van der Waals surface area contributed by atoms with E-state index in [1.807, 2.05) is 42.6 Å². The van der Waals surface area contributed by atoms with Gasteiger partial charge in [0.15, 0.2) is 0 Å². The molecule has 0 spiro atoms. The summed E-state index contributed by atoms with van der Waals surface area (Å²) in [4.78, 5) is 18.4. The number of thiophene rings is 1. The van der Waals surface area contributed by atoms with E-state index < -0.39 is 0 Å². The molecule has 0 atom stereocenters. The summed E-state index contributed by atoms with van der Waals surface area (Å²) < 4.78 is 6.45. The van der Waals surface area contributed by atoms with Gasteiger partial charge in [-0.2, -0.15) is 0 Å². The lowest BCUT2D eigenvalue weighted by Gasteiger charge is -2.03. The summed E-state index contributed by atoms with van der Waals surface area (Å²) >= 11 is 5.17. The largest absolute Gasteiger partial charge is 0.422 e. The Morgan fingerprint density at radius 3 is 2.86 bits per heavy atom. The molecule has 2 aromatic heterocycles. The fourth-order valence-corrected chi connectivity index (χ4v) is 4.03. The lowest BCUT2D eigenvalue weighted by molar-refractivity contribution is 0.0739. The van der Waals surface area contributed by atoms with Crippen molar-refractivity contribution in [1.82, 2.24) is 4.98 Å². The van der Waals surface area contributed by atoms with Gasteiger partial charge in [0.2, 0.25) is 0 Å².